The van der Waals surface area contributed by atoms with Crippen LogP contribution in [-0.2, 0) is 6.42 Å². The van der Waals surface area contributed by atoms with Gasteiger partial charge in [0.1, 0.15) is 0 Å². The molecule has 0 aliphatic carbocycles. The Balaban J connectivity index is 2.27. The zero-order chi connectivity index (χ0) is 11.1. The minimum absolute atomic E-state index is 1.08. The fourth-order valence-electron chi connectivity index (χ4n) is 2.25. The van der Waals surface area contributed by atoms with Gasteiger partial charge in [-0.1, -0.05) is 18.2 Å². The Hall–Kier alpha value is -1.35. The zero-order valence-electron chi connectivity index (χ0n) is 9.53. The highest BCUT2D eigenvalue weighted by Crippen LogP contribution is 2.37. The van der Waals surface area contributed by atoms with Crippen molar-refractivity contribution in [1.29, 1.82) is 0 Å². The van der Waals surface area contributed by atoms with Crippen LogP contribution < -0.4 is 4.90 Å². The van der Waals surface area contributed by atoms with Crippen molar-refractivity contribution in [3.05, 3.63) is 34.2 Å². The maximum atomic E-state index is 4.68. The summed E-state index contributed by atoms with van der Waals surface area (Å²) in [4.78, 5) is 8.42. The Bertz CT molecular complexity index is 530. The molecule has 1 aliphatic rings. The van der Waals surface area contributed by atoms with Gasteiger partial charge in [0.05, 0.1) is 10.7 Å². The number of thiazole rings is 1. The van der Waals surface area contributed by atoms with E-state index in [2.05, 4.69) is 48.1 Å². The fourth-order valence-corrected chi connectivity index (χ4v) is 3.18. The number of hydrogen-bond donors (Lipinski definition) is 0. The lowest BCUT2D eigenvalue weighted by molar-refractivity contribution is 0.898. The molecule has 0 saturated carbocycles. The molecule has 16 heavy (non-hydrogen) atoms. The van der Waals surface area contributed by atoms with Crippen LogP contribution in [0.15, 0.2) is 24.3 Å². The lowest BCUT2D eigenvalue weighted by Gasteiger charge is -2.18. The van der Waals surface area contributed by atoms with E-state index in [1.807, 2.05) is 11.3 Å². The molecule has 1 aliphatic heterocycles. The molecule has 1 aromatic carbocycles. The average Bonchev–Trinajstić information content (AvgIpc) is 2.62. The van der Waals surface area contributed by atoms with Crippen molar-refractivity contribution >= 4 is 17.0 Å². The highest BCUT2D eigenvalue weighted by molar-refractivity contribution is 7.12. The van der Waals surface area contributed by atoms with E-state index in [1.165, 1.54) is 26.8 Å². The van der Waals surface area contributed by atoms with E-state index in [0.29, 0.717) is 0 Å². The highest BCUT2D eigenvalue weighted by atomic mass is 32.1. The molecule has 2 nitrogen and oxygen atoms in total. The van der Waals surface area contributed by atoms with Gasteiger partial charge in [0.2, 0.25) is 0 Å². The lowest BCUT2D eigenvalue weighted by Crippen LogP contribution is -2.18. The maximum Gasteiger partial charge on any atom is 0.0904 e. The summed E-state index contributed by atoms with van der Waals surface area (Å²) in [6.45, 7) is 3.16. The molecule has 82 valence electrons. The van der Waals surface area contributed by atoms with E-state index in [0.717, 1.165) is 13.0 Å². The van der Waals surface area contributed by atoms with Crippen molar-refractivity contribution in [3.63, 3.8) is 0 Å². The quantitative estimate of drug-likeness (QED) is 0.691. The monoisotopic (exact) mass is 230 g/mol. The predicted molar refractivity (Wildman–Crippen MR) is 69.3 cm³/mol. The van der Waals surface area contributed by atoms with Gasteiger partial charge in [0.15, 0.2) is 0 Å². The number of fused-ring (bicyclic) bond motifs is 3. The van der Waals surface area contributed by atoms with Crippen LogP contribution in [0.3, 0.4) is 0 Å². The second kappa shape index (κ2) is 3.59. The summed E-state index contributed by atoms with van der Waals surface area (Å²) >= 11 is 1.83. The normalized spacial score (nSPS) is 14.2. The predicted octanol–water partition coefficient (Wildman–Crippen LogP) is 3.11. The van der Waals surface area contributed by atoms with Gasteiger partial charge in [0, 0.05) is 36.1 Å². The first-order valence-corrected chi connectivity index (χ1v) is 6.34. The summed E-state index contributed by atoms with van der Waals surface area (Å²) in [5, 5.41) is 1.17. The van der Waals surface area contributed by atoms with E-state index < -0.39 is 0 Å². The van der Waals surface area contributed by atoms with E-state index >= 15 is 0 Å². The van der Waals surface area contributed by atoms with Crippen LogP contribution in [0, 0.1) is 6.92 Å². The molecular weight excluding hydrogens is 216 g/mol. The number of likely N-dealkylation sites (N-methyl/N-ethyl adjacent to an activating group) is 1. The van der Waals surface area contributed by atoms with Gasteiger partial charge in [-0.05, 0) is 13.0 Å². The van der Waals surface area contributed by atoms with Gasteiger partial charge >= 0.3 is 0 Å². The number of anilines is 1. The smallest absolute Gasteiger partial charge is 0.0904 e. The number of aryl methyl sites for hydroxylation is 1. The number of rotatable bonds is 0. The molecular formula is C13H14N2S. The Labute approximate surface area is 99.6 Å². The number of hydrogen-bond acceptors (Lipinski definition) is 3. The van der Waals surface area contributed by atoms with Gasteiger partial charge in [-0.3, -0.25) is 0 Å². The van der Waals surface area contributed by atoms with Gasteiger partial charge in [-0.2, -0.15) is 0 Å². The lowest BCUT2D eigenvalue weighted by atomic mass is 10.1. The van der Waals surface area contributed by atoms with Gasteiger partial charge in [-0.15, -0.1) is 11.3 Å². The first kappa shape index (κ1) is 9.85. The summed E-state index contributed by atoms with van der Waals surface area (Å²) in [6.07, 6.45) is 1.10. The number of nitrogens with zero attached hydrogens (tertiary/aromatic N) is 2. The van der Waals surface area contributed by atoms with E-state index in [-0.39, 0.29) is 0 Å². The SMILES string of the molecule is Cc1nc2c(s1)CCN(C)c1ccccc1-2. The topological polar surface area (TPSA) is 16.1 Å². The van der Waals surface area contributed by atoms with E-state index in [9.17, 15) is 0 Å². The van der Waals surface area contributed by atoms with Crippen LogP contribution in [0.25, 0.3) is 11.3 Å². The van der Waals surface area contributed by atoms with Crippen LogP contribution in [0.2, 0.25) is 0 Å². The molecule has 0 bridgehead atoms. The van der Waals surface area contributed by atoms with Crippen LogP contribution in [0.4, 0.5) is 5.69 Å². The molecule has 2 aromatic rings. The number of aromatic nitrogens is 1. The van der Waals surface area contributed by atoms with Crippen molar-refractivity contribution in [2.24, 2.45) is 0 Å². The molecule has 0 spiro atoms. The first-order valence-electron chi connectivity index (χ1n) is 5.52. The molecule has 3 heteroatoms. The van der Waals surface area contributed by atoms with Gasteiger partial charge < -0.3 is 4.90 Å². The Kier molecular flexibility index (Phi) is 2.21. The minimum atomic E-state index is 1.08. The second-order valence-corrected chi connectivity index (χ2v) is 5.48. The van der Waals surface area contributed by atoms with Crippen molar-refractivity contribution in [1.82, 2.24) is 4.98 Å². The Morgan fingerprint density at radius 2 is 2.12 bits per heavy atom. The Morgan fingerprint density at radius 3 is 3.00 bits per heavy atom. The molecule has 0 radical (unpaired) electrons. The van der Waals surface area contributed by atoms with Crippen molar-refractivity contribution < 1.29 is 0 Å². The third kappa shape index (κ3) is 1.43. The molecule has 1 aromatic heterocycles. The molecule has 0 unspecified atom stereocenters. The third-order valence-electron chi connectivity index (χ3n) is 3.05. The molecule has 0 fully saturated rings. The van der Waals surface area contributed by atoms with E-state index in [1.54, 1.807) is 0 Å². The summed E-state index contributed by atoms with van der Waals surface area (Å²) in [5.74, 6) is 0. The van der Waals surface area contributed by atoms with Crippen LogP contribution in [-0.4, -0.2) is 18.6 Å². The summed E-state index contributed by atoms with van der Waals surface area (Å²) in [6, 6.07) is 8.55. The fraction of sp³-hybridized carbons (Fsp3) is 0.308. The molecule has 0 amide bonds. The maximum absolute atomic E-state index is 4.68. The zero-order valence-corrected chi connectivity index (χ0v) is 10.3. The number of benzene rings is 1. The molecule has 0 atom stereocenters. The van der Waals surface area contributed by atoms with Crippen molar-refractivity contribution in [2.45, 2.75) is 13.3 Å². The van der Waals surface area contributed by atoms with Crippen molar-refractivity contribution in [2.75, 3.05) is 18.5 Å². The molecule has 0 saturated heterocycles. The summed E-state index contributed by atoms with van der Waals surface area (Å²) < 4.78 is 0. The third-order valence-corrected chi connectivity index (χ3v) is 4.08. The second-order valence-electron chi connectivity index (χ2n) is 4.19. The van der Waals surface area contributed by atoms with Crippen LogP contribution >= 0.6 is 11.3 Å². The Morgan fingerprint density at radius 1 is 1.31 bits per heavy atom. The highest BCUT2D eigenvalue weighted by Gasteiger charge is 2.19. The molecule has 2 heterocycles. The van der Waals surface area contributed by atoms with Crippen LogP contribution in [0.1, 0.15) is 9.88 Å². The molecule has 3 rings (SSSR count). The summed E-state index contributed by atoms with van der Waals surface area (Å²) in [7, 11) is 2.15. The van der Waals surface area contributed by atoms with Crippen molar-refractivity contribution in [3.8, 4) is 11.3 Å². The minimum Gasteiger partial charge on any atom is -0.374 e. The van der Waals surface area contributed by atoms with Gasteiger partial charge in [0.25, 0.3) is 0 Å². The molecule has 0 N–H and O–H groups in total. The van der Waals surface area contributed by atoms with Gasteiger partial charge in [-0.25, -0.2) is 4.98 Å². The summed E-state index contributed by atoms with van der Waals surface area (Å²) in [5.41, 5.74) is 3.77. The number of para-hydroxylation sites is 1. The largest absolute Gasteiger partial charge is 0.374 e. The van der Waals surface area contributed by atoms with E-state index in [4.69, 9.17) is 0 Å². The standard InChI is InChI=1S/C13H14N2S/c1-9-14-13-10-5-3-4-6-11(10)15(2)8-7-12(13)16-9/h3-6H,7-8H2,1-2H3. The first-order chi connectivity index (χ1) is 7.75. The van der Waals surface area contributed by atoms with Crippen LogP contribution in [0.5, 0.6) is 0 Å². The average molecular weight is 230 g/mol.